The number of nitrogens with zero attached hydrogens (tertiary/aromatic N) is 2. The molecule has 0 fully saturated rings. The lowest BCUT2D eigenvalue weighted by molar-refractivity contribution is 0.159. The summed E-state index contributed by atoms with van der Waals surface area (Å²) in [6.45, 7) is 4.32. The van der Waals surface area contributed by atoms with Crippen LogP contribution in [0.1, 0.15) is 25.5 Å². The zero-order valence-corrected chi connectivity index (χ0v) is 11.5. The third kappa shape index (κ3) is 2.11. The van der Waals surface area contributed by atoms with Crippen LogP contribution in [0, 0.1) is 0 Å². The summed E-state index contributed by atoms with van der Waals surface area (Å²) >= 11 is 0. The van der Waals surface area contributed by atoms with Gasteiger partial charge in [0.2, 0.25) is 0 Å². The number of pyridine rings is 1. The van der Waals surface area contributed by atoms with E-state index in [1.807, 2.05) is 18.5 Å². The van der Waals surface area contributed by atoms with Gasteiger partial charge in [-0.3, -0.25) is 4.98 Å². The Hall–Kier alpha value is -1.45. The van der Waals surface area contributed by atoms with Crippen molar-refractivity contribution in [3.8, 4) is 0 Å². The van der Waals surface area contributed by atoms with Gasteiger partial charge in [-0.15, -0.1) is 0 Å². The molecule has 3 heteroatoms. The summed E-state index contributed by atoms with van der Waals surface area (Å²) in [5.74, 6) is 0. The van der Waals surface area contributed by atoms with E-state index in [0.29, 0.717) is 0 Å². The fourth-order valence-electron chi connectivity index (χ4n) is 2.07. The smallest absolute Gasteiger partial charge is 0.0483 e. The average Bonchev–Trinajstić information content (AvgIpc) is 2.37. The Balaban J connectivity index is 2.55. The van der Waals surface area contributed by atoms with Gasteiger partial charge in [0.25, 0.3) is 0 Å². The molecule has 2 N–H and O–H groups in total. The summed E-state index contributed by atoms with van der Waals surface area (Å²) in [6.07, 6.45) is 3.71. The number of likely N-dealkylation sites (N-methyl/N-ethyl adjacent to an activating group) is 1. The first kappa shape index (κ1) is 13.0. The molecule has 1 atom stereocenters. The van der Waals surface area contributed by atoms with Crippen LogP contribution in [-0.4, -0.2) is 29.5 Å². The van der Waals surface area contributed by atoms with E-state index in [4.69, 9.17) is 5.73 Å². The molecule has 0 aliphatic heterocycles. The summed E-state index contributed by atoms with van der Waals surface area (Å²) in [5.41, 5.74) is 7.52. The van der Waals surface area contributed by atoms with Crippen molar-refractivity contribution in [2.24, 2.45) is 5.73 Å². The molecule has 0 saturated heterocycles. The van der Waals surface area contributed by atoms with Crippen LogP contribution in [0.2, 0.25) is 0 Å². The molecule has 0 radical (unpaired) electrons. The minimum absolute atomic E-state index is 0.0552. The highest BCUT2D eigenvalue weighted by atomic mass is 15.2. The van der Waals surface area contributed by atoms with Crippen molar-refractivity contribution in [2.45, 2.75) is 25.4 Å². The van der Waals surface area contributed by atoms with Crippen molar-refractivity contribution in [1.82, 2.24) is 9.88 Å². The van der Waals surface area contributed by atoms with Crippen LogP contribution >= 0.6 is 0 Å². The highest BCUT2D eigenvalue weighted by Gasteiger charge is 2.30. The topological polar surface area (TPSA) is 42.1 Å². The van der Waals surface area contributed by atoms with Crippen molar-refractivity contribution in [2.75, 3.05) is 14.1 Å². The van der Waals surface area contributed by atoms with E-state index >= 15 is 0 Å². The second kappa shape index (κ2) is 4.67. The molecule has 1 unspecified atom stereocenters. The van der Waals surface area contributed by atoms with Crippen molar-refractivity contribution < 1.29 is 0 Å². The van der Waals surface area contributed by atoms with Crippen molar-refractivity contribution in [1.29, 1.82) is 0 Å². The summed E-state index contributed by atoms with van der Waals surface area (Å²) in [6, 6.07) is 8.22. The average molecular weight is 243 g/mol. The number of hydrogen-bond acceptors (Lipinski definition) is 3. The molecule has 0 aliphatic rings. The Morgan fingerprint density at radius 2 is 1.94 bits per heavy atom. The molecule has 18 heavy (non-hydrogen) atoms. The molecule has 2 aromatic rings. The van der Waals surface area contributed by atoms with E-state index in [0.717, 1.165) is 10.9 Å². The Labute approximate surface area is 109 Å². The van der Waals surface area contributed by atoms with Gasteiger partial charge in [-0.1, -0.05) is 18.2 Å². The van der Waals surface area contributed by atoms with Gasteiger partial charge in [0.05, 0.1) is 0 Å². The van der Waals surface area contributed by atoms with Crippen LogP contribution < -0.4 is 5.73 Å². The predicted octanol–water partition coefficient (Wildman–Crippen LogP) is 2.57. The molecule has 96 valence electrons. The molecule has 0 bridgehead atoms. The van der Waals surface area contributed by atoms with E-state index in [-0.39, 0.29) is 11.6 Å². The third-order valence-corrected chi connectivity index (χ3v) is 3.97. The van der Waals surface area contributed by atoms with Gasteiger partial charge >= 0.3 is 0 Å². The fourth-order valence-corrected chi connectivity index (χ4v) is 2.07. The largest absolute Gasteiger partial charge is 0.322 e. The van der Waals surface area contributed by atoms with E-state index < -0.39 is 0 Å². The van der Waals surface area contributed by atoms with Crippen LogP contribution in [0.15, 0.2) is 36.7 Å². The first-order valence-electron chi connectivity index (χ1n) is 6.20. The minimum Gasteiger partial charge on any atom is -0.322 e. The Kier molecular flexibility index (Phi) is 3.37. The zero-order chi connectivity index (χ0) is 13.3. The first-order valence-corrected chi connectivity index (χ1v) is 6.20. The fraction of sp³-hybridized carbons (Fsp3) is 0.400. The summed E-state index contributed by atoms with van der Waals surface area (Å²) in [7, 11) is 4.12. The number of aromatic nitrogens is 1. The van der Waals surface area contributed by atoms with Gasteiger partial charge in [-0.05, 0) is 45.0 Å². The van der Waals surface area contributed by atoms with Crippen molar-refractivity contribution in [3.05, 3.63) is 42.2 Å². The Morgan fingerprint density at radius 3 is 2.61 bits per heavy atom. The van der Waals surface area contributed by atoms with Gasteiger partial charge in [0.1, 0.15) is 0 Å². The number of fused-ring (bicyclic) bond motifs is 1. The molecule has 0 saturated carbocycles. The number of nitrogens with two attached hydrogens (primary N) is 1. The van der Waals surface area contributed by atoms with Gasteiger partial charge in [0.15, 0.2) is 0 Å². The molecule has 1 aromatic carbocycles. The SMILES string of the molecule is CN(C)C(C)(C)C(N)c1cccc2ccncc12. The summed E-state index contributed by atoms with van der Waals surface area (Å²) in [4.78, 5) is 6.37. The molecule has 0 amide bonds. The lowest BCUT2D eigenvalue weighted by Crippen LogP contribution is -2.47. The van der Waals surface area contributed by atoms with Gasteiger partial charge in [-0.25, -0.2) is 0 Å². The molecular formula is C15H21N3. The van der Waals surface area contributed by atoms with E-state index in [2.05, 4.69) is 56.0 Å². The van der Waals surface area contributed by atoms with Crippen LogP contribution in [-0.2, 0) is 0 Å². The van der Waals surface area contributed by atoms with Crippen LogP contribution in [0.5, 0.6) is 0 Å². The highest BCUT2D eigenvalue weighted by Crippen LogP contribution is 2.31. The molecule has 0 aliphatic carbocycles. The normalized spacial score (nSPS) is 14.1. The maximum Gasteiger partial charge on any atom is 0.0483 e. The quantitative estimate of drug-likeness (QED) is 0.901. The molecule has 2 rings (SSSR count). The predicted molar refractivity (Wildman–Crippen MR) is 76.4 cm³/mol. The first-order chi connectivity index (χ1) is 8.44. The summed E-state index contributed by atoms with van der Waals surface area (Å²) in [5, 5.41) is 2.33. The number of rotatable bonds is 3. The molecular weight excluding hydrogens is 222 g/mol. The standard InChI is InChI=1S/C15H21N3/c1-15(2,18(3)4)14(16)12-7-5-6-11-8-9-17-10-13(11)12/h5-10,14H,16H2,1-4H3. The van der Waals surface area contributed by atoms with Crippen LogP contribution in [0.4, 0.5) is 0 Å². The molecule has 1 aromatic heterocycles. The molecule has 1 heterocycles. The van der Waals surface area contributed by atoms with Gasteiger partial charge in [0, 0.05) is 29.4 Å². The highest BCUT2D eigenvalue weighted by molar-refractivity contribution is 5.85. The van der Waals surface area contributed by atoms with Gasteiger partial charge < -0.3 is 10.6 Å². The van der Waals surface area contributed by atoms with Crippen molar-refractivity contribution in [3.63, 3.8) is 0 Å². The number of benzene rings is 1. The molecule has 3 nitrogen and oxygen atoms in total. The van der Waals surface area contributed by atoms with E-state index in [9.17, 15) is 0 Å². The second-order valence-electron chi connectivity index (χ2n) is 5.47. The van der Waals surface area contributed by atoms with Crippen molar-refractivity contribution >= 4 is 10.8 Å². The maximum absolute atomic E-state index is 6.47. The minimum atomic E-state index is -0.107. The zero-order valence-electron chi connectivity index (χ0n) is 11.5. The lowest BCUT2D eigenvalue weighted by atomic mass is 9.86. The monoisotopic (exact) mass is 243 g/mol. The maximum atomic E-state index is 6.47. The molecule has 0 spiro atoms. The summed E-state index contributed by atoms with van der Waals surface area (Å²) < 4.78 is 0. The lowest BCUT2D eigenvalue weighted by Gasteiger charge is -2.38. The second-order valence-corrected chi connectivity index (χ2v) is 5.47. The Morgan fingerprint density at radius 1 is 1.22 bits per heavy atom. The van der Waals surface area contributed by atoms with Crippen LogP contribution in [0.3, 0.4) is 0 Å². The number of hydrogen-bond donors (Lipinski definition) is 1. The van der Waals surface area contributed by atoms with Gasteiger partial charge in [-0.2, -0.15) is 0 Å². The Bertz CT molecular complexity index is 541. The van der Waals surface area contributed by atoms with E-state index in [1.54, 1.807) is 0 Å². The third-order valence-electron chi connectivity index (χ3n) is 3.97. The van der Waals surface area contributed by atoms with Crippen LogP contribution in [0.25, 0.3) is 10.8 Å². The van der Waals surface area contributed by atoms with E-state index in [1.165, 1.54) is 5.39 Å².